The van der Waals surface area contributed by atoms with Gasteiger partial charge in [0.05, 0.1) is 4.88 Å². The van der Waals surface area contributed by atoms with Crippen molar-refractivity contribution in [1.29, 1.82) is 0 Å². The molecular weight excluding hydrogens is 284 g/mol. The van der Waals surface area contributed by atoms with E-state index in [2.05, 4.69) is 10.6 Å². The fourth-order valence-electron chi connectivity index (χ4n) is 1.34. The van der Waals surface area contributed by atoms with E-state index in [0.717, 1.165) is 0 Å². The van der Waals surface area contributed by atoms with Crippen LogP contribution in [0, 0.1) is 0 Å². The van der Waals surface area contributed by atoms with Gasteiger partial charge in [-0.05, 0) is 11.4 Å². The van der Waals surface area contributed by atoms with Crippen LogP contribution >= 0.6 is 11.3 Å². The number of hydrogen-bond acceptors (Lipinski definition) is 5. The van der Waals surface area contributed by atoms with Crippen molar-refractivity contribution in [2.24, 2.45) is 0 Å². The summed E-state index contributed by atoms with van der Waals surface area (Å²) in [6, 6.07) is 3.45. The minimum Gasteiger partial charge on any atom is -0.479 e. The molecule has 0 aliphatic carbocycles. The van der Waals surface area contributed by atoms with Crippen molar-refractivity contribution >= 4 is 29.1 Å². The molecule has 1 aromatic heterocycles. The normalized spacial score (nSPS) is 11.7. The molecule has 1 aromatic rings. The average molecular weight is 300 g/mol. The molecular formula is C12H16N2O5S. The van der Waals surface area contributed by atoms with Gasteiger partial charge in [-0.15, -0.1) is 11.3 Å². The van der Waals surface area contributed by atoms with Crippen LogP contribution in [0.3, 0.4) is 0 Å². The van der Waals surface area contributed by atoms with Crippen LogP contribution in [0.15, 0.2) is 17.5 Å². The number of aliphatic hydroxyl groups excluding tert-OH is 1. The Bertz CT molecular complexity index is 460. The number of carboxylic acid groups (broad SMARTS) is 1. The second kappa shape index (κ2) is 8.28. The third-order valence-corrected chi connectivity index (χ3v) is 3.28. The van der Waals surface area contributed by atoms with Crippen LogP contribution in [0.1, 0.15) is 22.5 Å². The monoisotopic (exact) mass is 300 g/mol. The zero-order valence-corrected chi connectivity index (χ0v) is 11.5. The largest absolute Gasteiger partial charge is 0.479 e. The van der Waals surface area contributed by atoms with E-state index in [0.29, 0.717) is 4.88 Å². The van der Waals surface area contributed by atoms with Crippen molar-refractivity contribution in [3.8, 4) is 0 Å². The summed E-state index contributed by atoms with van der Waals surface area (Å²) < 4.78 is 0. The van der Waals surface area contributed by atoms with Crippen LogP contribution in [-0.2, 0) is 9.59 Å². The number of carbonyl (C=O) groups is 3. The molecule has 1 heterocycles. The van der Waals surface area contributed by atoms with Crippen molar-refractivity contribution in [2.75, 3.05) is 13.1 Å². The molecule has 0 bridgehead atoms. The van der Waals surface area contributed by atoms with Gasteiger partial charge in [0.25, 0.3) is 5.91 Å². The average Bonchev–Trinajstić information content (AvgIpc) is 2.92. The number of carboxylic acids is 1. The molecule has 0 fully saturated rings. The first-order valence-corrected chi connectivity index (χ1v) is 6.88. The van der Waals surface area contributed by atoms with Gasteiger partial charge in [-0.1, -0.05) is 6.07 Å². The Morgan fingerprint density at radius 3 is 2.60 bits per heavy atom. The first-order chi connectivity index (χ1) is 9.50. The Hall–Kier alpha value is -1.93. The van der Waals surface area contributed by atoms with Crippen LogP contribution < -0.4 is 10.6 Å². The van der Waals surface area contributed by atoms with Gasteiger partial charge in [0.1, 0.15) is 0 Å². The van der Waals surface area contributed by atoms with E-state index in [4.69, 9.17) is 10.2 Å². The van der Waals surface area contributed by atoms with Crippen molar-refractivity contribution in [3.63, 3.8) is 0 Å². The lowest BCUT2D eigenvalue weighted by Crippen LogP contribution is -2.33. The predicted molar refractivity (Wildman–Crippen MR) is 72.5 cm³/mol. The lowest BCUT2D eigenvalue weighted by Gasteiger charge is -2.07. The summed E-state index contributed by atoms with van der Waals surface area (Å²) in [5, 5.41) is 24.3. The Morgan fingerprint density at radius 2 is 2.00 bits per heavy atom. The van der Waals surface area contributed by atoms with Crippen LogP contribution in [0.5, 0.6) is 0 Å². The van der Waals surface area contributed by atoms with Gasteiger partial charge >= 0.3 is 5.97 Å². The molecule has 4 N–H and O–H groups in total. The van der Waals surface area contributed by atoms with Gasteiger partial charge in [0.2, 0.25) is 5.91 Å². The van der Waals surface area contributed by atoms with Crippen LogP contribution in [0.25, 0.3) is 0 Å². The number of nitrogens with one attached hydrogen (secondary N) is 2. The first kappa shape index (κ1) is 16.1. The van der Waals surface area contributed by atoms with Gasteiger partial charge in [0, 0.05) is 25.9 Å². The standard InChI is InChI=1S/C12H16N2O5S/c15-8(12(18)19)3-5-13-10(16)4-6-14-11(17)9-2-1-7-20-9/h1-2,7-8,15H,3-6H2,(H,13,16)(H,14,17)(H,18,19)/t8-/m0/s1. The Kier molecular flexibility index (Phi) is 6.68. The molecule has 0 aliphatic rings. The molecule has 0 spiro atoms. The number of aliphatic carboxylic acids is 1. The zero-order chi connectivity index (χ0) is 15.0. The molecule has 0 aliphatic heterocycles. The maximum Gasteiger partial charge on any atom is 0.332 e. The third-order valence-electron chi connectivity index (χ3n) is 2.41. The summed E-state index contributed by atoms with van der Waals surface area (Å²) in [5.74, 6) is -1.86. The highest BCUT2D eigenvalue weighted by Crippen LogP contribution is 2.07. The van der Waals surface area contributed by atoms with E-state index in [1.807, 2.05) is 0 Å². The second-order valence-corrected chi connectivity index (χ2v) is 4.92. The molecule has 0 aromatic carbocycles. The van der Waals surface area contributed by atoms with Gasteiger partial charge in [-0.3, -0.25) is 9.59 Å². The number of carbonyl (C=O) groups excluding carboxylic acids is 2. The predicted octanol–water partition coefficient (Wildman–Crippen LogP) is -0.180. The van der Waals surface area contributed by atoms with E-state index < -0.39 is 12.1 Å². The van der Waals surface area contributed by atoms with Gasteiger partial charge in [-0.2, -0.15) is 0 Å². The van der Waals surface area contributed by atoms with Crippen LogP contribution in [0.4, 0.5) is 0 Å². The SMILES string of the molecule is O=C(CCNC(=O)c1cccs1)NCC[C@H](O)C(=O)O. The topological polar surface area (TPSA) is 116 Å². The molecule has 0 saturated carbocycles. The molecule has 0 unspecified atom stereocenters. The Labute approximate surface area is 119 Å². The van der Waals surface area contributed by atoms with Crippen molar-refractivity contribution in [3.05, 3.63) is 22.4 Å². The van der Waals surface area contributed by atoms with Crippen LogP contribution in [0.2, 0.25) is 0 Å². The molecule has 7 nitrogen and oxygen atoms in total. The van der Waals surface area contributed by atoms with Gasteiger partial charge in [-0.25, -0.2) is 4.79 Å². The quantitative estimate of drug-likeness (QED) is 0.531. The van der Waals surface area contributed by atoms with E-state index in [-0.39, 0.29) is 37.7 Å². The van der Waals surface area contributed by atoms with Crippen molar-refractivity contribution in [1.82, 2.24) is 10.6 Å². The number of amides is 2. The molecule has 2 amide bonds. The maximum absolute atomic E-state index is 11.5. The molecule has 0 saturated heterocycles. The molecule has 1 rings (SSSR count). The number of thiophene rings is 1. The Morgan fingerprint density at radius 1 is 1.25 bits per heavy atom. The molecule has 20 heavy (non-hydrogen) atoms. The minimum atomic E-state index is -1.48. The lowest BCUT2D eigenvalue weighted by atomic mass is 10.2. The summed E-state index contributed by atoms with van der Waals surface area (Å²) in [4.78, 5) is 33.8. The van der Waals surface area contributed by atoms with E-state index in [1.165, 1.54) is 11.3 Å². The summed E-state index contributed by atoms with van der Waals surface area (Å²) in [6.45, 7) is 0.273. The number of hydrogen-bond donors (Lipinski definition) is 4. The first-order valence-electron chi connectivity index (χ1n) is 6.00. The van der Waals surface area contributed by atoms with E-state index >= 15 is 0 Å². The zero-order valence-electron chi connectivity index (χ0n) is 10.7. The molecule has 110 valence electrons. The fraction of sp³-hybridized carbons (Fsp3) is 0.417. The summed E-state index contributed by atoms with van der Waals surface area (Å²) >= 11 is 1.31. The van der Waals surface area contributed by atoms with Gasteiger partial charge in [0.15, 0.2) is 6.10 Å². The smallest absolute Gasteiger partial charge is 0.332 e. The van der Waals surface area contributed by atoms with E-state index in [1.54, 1.807) is 17.5 Å². The minimum absolute atomic E-state index is 0.0529. The highest BCUT2D eigenvalue weighted by Gasteiger charge is 2.13. The van der Waals surface area contributed by atoms with Gasteiger partial charge < -0.3 is 20.8 Å². The summed E-state index contributed by atoms with van der Waals surface area (Å²) in [7, 11) is 0. The fourth-order valence-corrected chi connectivity index (χ4v) is 1.98. The molecule has 0 radical (unpaired) electrons. The number of aliphatic hydroxyl groups is 1. The van der Waals surface area contributed by atoms with Crippen molar-refractivity contribution in [2.45, 2.75) is 18.9 Å². The molecule has 8 heteroatoms. The number of rotatable bonds is 8. The van der Waals surface area contributed by atoms with E-state index in [9.17, 15) is 14.4 Å². The second-order valence-electron chi connectivity index (χ2n) is 3.98. The maximum atomic E-state index is 11.5. The highest BCUT2D eigenvalue weighted by atomic mass is 32.1. The highest BCUT2D eigenvalue weighted by molar-refractivity contribution is 7.12. The Balaban J connectivity index is 2.11. The van der Waals surface area contributed by atoms with Crippen LogP contribution in [-0.4, -0.2) is 47.2 Å². The lowest BCUT2D eigenvalue weighted by molar-refractivity contribution is -0.147. The summed E-state index contributed by atoms with van der Waals surface area (Å²) in [5.41, 5.74) is 0. The summed E-state index contributed by atoms with van der Waals surface area (Å²) in [6.07, 6.45) is -1.43. The third kappa shape index (κ3) is 5.81. The van der Waals surface area contributed by atoms with Crippen molar-refractivity contribution < 1.29 is 24.6 Å². The molecule has 1 atom stereocenters.